The van der Waals surface area contributed by atoms with Crippen LogP contribution in [-0.2, 0) is 6.42 Å². The third-order valence-electron chi connectivity index (χ3n) is 6.36. The molecule has 9 nitrogen and oxygen atoms in total. The first kappa shape index (κ1) is 18.3. The van der Waals surface area contributed by atoms with Gasteiger partial charge in [0.1, 0.15) is 5.82 Å². The van der Waals surface area contributed by atoms with Crippen LogP contribution in [0.4, 0.5) is 17.3 Å². The minimum absolute atomic E-state index is 0.137. The highest BCUT2D eigenvalue weighted by atomic mass is 16.3. The number of aliphatic hydroxyl groups excluding tert-OH is 1. The third-order valence-corrected chi connectivity index (χ3v) is 6.36. The molecular weight excluding hydrogens is 368 g/mol. The van der Waals surface area contributed by atoms with Crippen molar-refractivity contribution in [3.05, 3.63) is 30.2 Å². The maximum Gasteiger partial charge on any atom is 0.183 e. The molecule has 0 radical (unpaired) electrons. The molecule has 3 aromatic heterocycles. The molecule has 0 aromatic carbocycles. The Bertz CT molecular complexity index is 1000. The molecule has 29 heavy (non-hydrogen) atoms. The molecule has 0 bridgehead atoms. The van der Waals surface area contributed by atoms with E-state index < -0.39 is 0 Å². The second-order valence-electron chi connectivity index (χ2n) is 8.05. The second-order valence-corrected chi connectivity index (χ2v) is 8.05. The van der Waals surface area contributed by atoms with Gasteiger partial charge >= 0.3 is 0 Å². The first-order chi connectivity index (χ1) is 14.2. The summed E-state index contributed by atoms with van der Waals surface area (Å²) in [6, 6.07) is 4.04. The van der Waals surface area contributed by atoms with Crippen molar-refractivity contribution in [2.24, 2.45) is 11.1 Å². The Balaban J connectivity index is 1.42. The average molecular weight is 394 g/mol. The Kier molecular flexibility index (Phi) is 4.56. The van der Waals surface area contributed by atoms with Crippen LogP contribution in [0.5, 0.6) is 0 Å². The van der Waals surface area contributed by atoms with Gasteiger partial charge in [0, 0.05) is 37.8 Å². The molecule has 2 aliphatic heterocycles. The SMILES string of the molecule is NCC1(CO)CCN(c2cnc3c(N4CCCc5ncccc54)n[nH]c3n2)CC1. The summed E-state index contributed by atoms with van der Waals surface area (Å²) in [5, 5.41) is 17.3. The fourth-order valence-corrected chi connectivity index (χ4v) is 4.37. The van der Waals surface area contributed by atoms with Crippen molar-refractivity contribution in [2.75, 3.05) is 42.6 Å². The molecule has 0 unspecified atom stereocenters. The molecule has 4 N–H and O–H groups in total. The van der Waals surface area contributed by atoms with Gasteiger partial charge in [0.25, 0.3) is 0 Å². The molecule has 2 aliphatic rings. The van der Waals surface area contributed by atoms with Gasteiger partial charge in [-0.1, -0.05) is 0 Å². The van der Waals surface area contributed by atoms with Crippen LogP contribution in [0.25, 0.3) is 11.2 Å². The van der Waals surface area contributed by atoms with Crippen molar-refractivity contribution in [1.29, 1.82) is 0 Å². The van der Waals surface area contributed by atoms with Gasteiger partial charge in [-0.05, 0) is 37.8 Å². The predicted octanol–water partition coefficient (Wildman–Crippen LogP) is 1.37. The number of nitrogens with one attached hydrogen (secondary N) is 1. The van der Waals surface area contributed by atoms with Gasteiger partial charge in [0.2, 0.25) is 0 Å². The molecule has 5 rings (SSSR count). The van der Waals surface area contributed by atoms with Gasteiger partial charge in [-0.15, -0.1) is 0 Å². The van der Waals surface area contributed by atoms with E-state index in [1.54, 1.807) is 0 Å². The summed E-state index contributed by atoms with van der Waals surface area (Å²) in [7, 11) is 0. The number of nitrogens with two attached hydrogens (primary N) is 1. The monoisotopic (exact) mass is 394 g/mol. The van der Waals surface area contributed by atoms with E-state index in [4.69, 9.17) is 15.7 Å². The lowest BCUT2D eigenvalue weighted by atomic mass is 9.79. The number of nitrogens with zero attached hydrogens (tertiary/aromatic N) is 6. The van der Waals surface area contributed by atoms with Crippen molar-refractivity contribution < 1.29 is 5.11 Å². The molecule has 0 aliphatic carbocycles. The number of fused-ring (bicyclic) bond motifs is 2. The smallest absolute Gasteiger partial charge is 0.183 e. The number of H-pyrrole nitrogens is 1. The molecule has 3 aromatic rings. The number of hydrogen-bond acceptors (Lipinski definition) is 8. The lowest BCUT2D eigenvalue weighted by molar-refractivity contribution is 0.104. The van der Waals surface area contributed by atoms with E-state index in [2.05, 4.69) is 31.0 Å². The fraction of sp³-hybridized carbons (Fsp3) is 0.500. The molecule has 0 amide bonds. The summed E-state index contributed by atoms with van der Waals surface area (Å²) in [6.07, 6.45) is 7.38. The van der Waals surface area contributed by atoms with Crippen LogP contribution < -0.4 is 15.5 Å². The van der Waals surface area contributed by atoms with Gasteiger partial charge in [-0.3, -0.25) is 10.1 Å². The third kappa shape index (κ3) is 3.10. The van der Waals surface area contributed by atoms with Crippen LogP contribution >= 0.6 is 0 Å². The van der Waals surface area contributed by atoms with E-state index in [0.717, 1.165) is 73.9 Å². The Labute approximate surface area is 169 Å². The average Bonchev–Trinajstić information content (AvgIpc) is 3.22. The lowest BCUT2D eigenvalue weighted by Crippen LogP contribution is -2.46. The largest absolute Gasteiger partial charge is 0.396 e. The maximum atomic E-state index is 9.69. The number of aromatic amines is 1. The Morgan fingerprint density at radius 2 is 2.07 bits per heavy atom. The van der Waals surface area contributed by atoms with E-state index >= 15 is 0 Å². The molecule has 1 fully saturated rings. The number of hydrogen-bond donors (Lipinski definition) is 3. The van der Waals surface area contributed by atoms with E-state index in [0.29, 0.717) is 12.2 Å². The second kappa shape index (κ2) is 7.23. The minimum Gasteiger partial charge on any atom is -0.396 e. The van der Waals surface area contributed by atoms with E-state index in [1.165, 1.54) is 0 Å². The molecule has 0 saturated carbocycles. The zero-order valence-corrected chi connectivity index (χ0v) is 16.4. The molecule has 5 heterocycles. The number of piperidine rings is 1. The highest BCUT2D eigenvalue weighted by Gasteiger charge is 2.33. The normalized spacial score (nSPS) is 18.8. The van der Waals surface area contributed by atoms with Crippen molar-refractivity contribution in [1.82, 2.24) is 25.1 Å². The van der Waals surface area contributed by atoms with E-state index in [9.17, 15) is 5.11 Å². The van der Waals surface area contributed by atoms with Crippen molar-refractivity contribution >= 4 is 28.5 Å². The lowest BCUT2D eigenvalue weighted by Gasteiger charge is -2.40. The van der Waals surface area contributed by atoms with Crippen LogP contribution in [0.3, 0.4) is 0 Å². The summed E-state index contributed by atoms with van der Waals surface area (Å²) in [4.78, 5) is 18.4. The summed E-state index contributed by atoms with van der Waals surface area (Å²) in [5.74, 6) is 1.63. The number of aryl methyl sites for hydroxylation is 1. The molecule has 0 atom stereocenters. The van der Waals surface area contributed by atoms with Crippen LogP contribution in [0, 0.1) is 5.41 Å². The molecular formula is C20H26N8O. The summed E-state index contributed by atoms with van der Waals surface area (Å²) in [5.41, 5.74) is 9.37. The van der Waals surface area contributed by atoms with Gasteiger partial charge in [-0.25, -0.2) is 9.97 Å². The highest BCUT2D eigenvalue weighted by molar-refractivity contribution is 5.87. The standard InChI is InChI=1S/C20H26N8O/c21-12-20(13-29)5-9-27(10-6-20)16-11-23-17-18(24-16)25-26-19(17)28-8-2-3-14-15(28)4-1-7-22-14/h1,4,7,11,29H,2-3,5-6,8-10,12-13,21H2,(H,24,25,26). The van der Waals surface area contributed by atoms with Crippen molar-refractivity contribution in [3.63, 3.8) is 0 Å². The first-order valence-corrected chi connectivity index (χ1v) is 10.2. The number of pyridine rings is 1. The highest BCUT2D eigenvalue weighted by Crippen LogP contribution is 2.35. The van der Waals surface area contributed by atoms with Gasteiger partial charge in [0.05, 0.1) is 24.2 Å². The Morgan fingerprint density at radius 3 is 2.86 bits per heavy atom. The number of aromatic nitrogens is 5. The van der Waals surface area contributed by atoms with Crippen molar-refractivity contribution in [3.8, 4) is 0 Å². The summed E-state index contributed by atoms with van der Waals surface area (Å²) in [6.45, 7) is 3.15. The number of rotatable bonds is 4. The molecule has 0 spiro atoms. The first-order valence-electron chi connectivity index (χ1n) is 10.2. The molecule has 152 valence electrons. The molecule has 9 heteroatoms. The van der Waals surface area contributed by atoms with Crippen LogP contribution in [-0.4, -0.2) is 63.0 Å². The predicted molar refractivity (Wildman–Crippen MR) is 111 cm³/mol. The van der Waals surface area contributed by atoms with E-state index in [1.807, 2.05) is 18.5 Å². The fourth-order valence-electron chi connectivity index (χ4n) is 4.37. The Hall–Kier alpha value is -2.78. The van der Waals surface area contributed by atoms with Crippen molar-refractivity contribution in [2.45, 2.75) is 25.7 Å². The number of aliphatic hydroxyl groups is 1. The van der Waals surface area contributed by atoms with Crippen LogP contribution in [0.2, 0.25) is 0 Å². The van der Waals surface area contributed by atoms with Gasteiger partial charge < -0.3 is 20.6 Å². The quantitative estimate of drug-likeness (QED) is 0.607. The van der Waals surface area contributed by atoms with Gasteiger partial charge in [-0.2, -0.15) is 5.10 Å². The number of anilines is 3. The Morgan fingerprint density at radius 1 is 1.21 bits per heavy atom. The summed E-state index contributed by atoms with van der Waals surface area (Å²) >= 11 is 0. The zero-order valence-electron chi connectivity index (χ0n) is 16.4. The minimum atomic E-state index is -0.162. The van der Waals surface area contributed by atoms with Crippen LogP contribution in [0.15, 0.2) is 24.5 Å². The van der Waals surface area contributed by atoms with Crippen LogP contribution in [0.1, 0.15) is 25.0 Å². The van der Waals surface area contributed by atoms with E-state index in [-0.39, 0.29) is 12.0 Å². The summed E-state index contributed by atoms with van der Waals surface area (Å²) < 4.78 is 0. The maximum absolute atomic E-state index is 9.69. The topological polar surface area (TPSA) is 120 Å². The molecule has 1 saturated heterocycles. The van der Waals surface area contributed by atoms with Gasteiger partial charge in [0.15, 0.2) is 17.0 Å². The zero-order chi connectivity index (χ0) is 19.8.